The molecule has 1 aromatic rings. The van der Waals surface area contributed by atoms with Gasteiger partial charge in [0.25, 0.3) is 0 Å². The molecule has 5 nitrogen and oxygen atoms in total. The SMILES string of the molecule is CC(=O)c1ccc(NC(=O)N2CCCC(C)C2CO)cc1. The highest BCUT2D eigenvalue weighted by Crippen LogP contribution is 2.23. The highest BCUT2D eigenvalue weighted by atomic mass is 16.3. The quantitative estimate of drug-likeness (QED) is 0.840. The van der Waals surface area contributed by atoms with Crippen molar-refractivity contribution >= 4 is 17.5 Å². The predicted octanol–water partition coefficient (Wildman–Crippen LogP) is 2.51. The van der Waals surface area contributed by atoms with Crippen LogP contribution >= 0.6 is 0 Å². The minimum Gasteiger partial charge on any atom is -0.394 e. The fourth-order valence-electron chi connectivity index (χ4n) is 2.76. The molecule has 2 atom stereocenters. The summed E-state index contributed by atoms with van der Waals surface area (Å²) in [7, 11) is 0. The topological polar surface area (TPSA) is 69.6 Å². The Labute approximate surface area is 125 Å². The molecule has 0 aliphatic carbocycles. The van der Waals surface area contributed by atoms with E-state index < -0.39 is 0 Å². The molecule has 114 valence electrons. The lowest BCUT2D eigenvalue weighted by Gasteiger charge is -2.38. The number of urea groups is 1. The van der Waals surface area contributed by atoms with Gasteiger partial charge in [0.05, 0.1) is 12.6 Å². The maximum absolute atomic E-state index is 12.3. The number of amides is 2. The Hall–Kier alpha value is -1.88. The number of carbonyl (C=O) groups is 2. The number of aliphatic hydroxyl groups excluding tert-OH is 1. The fraction of sp³-hybridized carbons (Fsp3) is 0.500. The number of benzene rings is 1. The van der Waals surface area contributed by atoms with Gasteiger partial charge in [0.1, 0.15) is 0 Å². The van der Waals surface area contributed by atoms with Gasteiger partial charge in [0.2, 0.25) is 0 Å². The second kappa shape index (κ2) is 6.72. The van der Waals surface area contributed by atoms with Crippen LogP contribution in [0.5, 0.6) is 0 Å². The summed E-state index contributed by atoms with van der Waals surface area (Å²) in [5, 5.41) is 12.3. The van der Waals surface area contributed by atoms with Crippen molar-refractivity contribution in [1.29, 1.82) is 0 Å². The summed E-state index contributed by atoms with van der Waals surface area (Å²) in [6, 6.07) is 6.50. The van der Waals surface area contributed by atoms with Crippen LogP contribution in [0, 0.1) is 5.92 Å². The number of aliphatic hydroxyl groups is 1. The average molecular weight is 290 g/mol. The molecule has 0 radical (unpaired) electrons. The van der Waals surface area contributed by atoms with Gasteiger partial charge in [-0.25, -0.2) is 4.79 Å². The number of Topliss-reactive ketones (excluding diaryl/α,β-unsaturated/α-hetero) is 1. The lowest BCUT2D eigenvalue weighted by molar-refractivity contribution is 0.0811. The van der Waals surface area contributed by atoms with Gasteiger partial charge in [-0.15, -0.1) is 0 Å². The average Bonchev–Trinajstić information content (AvgIpc) is 2.47. The van der Waals surface area contributed by atoms with Crippen molar-refractivity contribution in [1.82, 2.24) is 4.90 Å². The molecule has 0 saturated carbocycles. The van der Waals surface area contributed by atoms with Gasteiger partial charge in [0.15, 0.2) is 5.78 Å². The molecule has 2 N–H and O–H groups in total. The number of ketones is 1. The maximum Gasteiger partial charge on any atom is 0.322 e. The van der Waals surface area contributed by atoms with Crippen molar-refractivity contribution in [3.63, 3.8) is 0 Å². The van der Waals surface area contributed by atoms with Crippen LogP contribution in [0.1, 0.15) is 37.0 Å². The summed E-state index contributed by atoms with van der Waals surface area (Å²) in [5.74, 6) is 0.299. The van der Waals surface area contributed by atoms with Crippen molar-refractivity contribution in [3.8, 4) is 0 Å². The summed E-state index contributed by atoms with van der Waals surface area (Å²) in [6.45, 7) is 4.21. The summed E-state index contributed by atoms with van der Waals surface area (Å²) >= 11 is 0. The minimum absolute atomic E-state index is 0.00178. The molecule has 0 spiro atoms. The molecule has 2 unspecified atom stereocenters. The number of piperidine rings is 1. The molecule has 5 heteroatoms. The number of anilines is 1. The third kappa shape index (κ3) is 3.61. The van der Waals surface area contributed by atoms with E-state index in [1.54, 1.807) is 29.2 Å². The number of hydrogen-bond donors (Lipinski definition) is 2. The number of nitrogens with one attached hydrogen (secondary N) is 1. The molecule has 1 saturated heterocycles. The van der Waals surface area contributed by atoms with E-state index in [1.807, 2.05) is 0 Å². The Morgan fingerprint density at radius 2 is 2.00 bits per heavy atom. The maximum atomic E-state index is 12.3. The van der Waals surface area contributed by atoms with Crippen molar-refractivity contribution < 1.29 is 14.7 Å². The molecule has 2 amide bonds. The van der Waals surface area contributed by atoms with E-state index >= 15 is 0 Å². The van der Waals surface area contributed by atoms with Crippen molar-refractivity contribution in [2.24, 2.45) is 5.92 Å². The third-order valence-electron chi connectivity index (χ3n) is 4.11. The van der Waals surface area contributed by atoms with Gasteiger partial charge in [-0.3, -0.25) is 4.79 Å². The van der Waals surface area contributed by atoms with Gasteiger partial charge in [-0.2, -0.15) is 0 Å². The molecule has 2 rings (SSSR count). The van der Waals surface area contributed by atoms with E-state index in [0.717, 1.165) is 12.8 Å². The van der Waals surface area contributed by atoms with Gasteiger partial charge in [-0.1, -0.05) is 6.92 Å². The first kappa shape index (κ1) is 15.5. The molecule has 0 bridgehead atoms. The summed E-state index contributed by atoms with van der Waals surface area (Å²) < 4.78 is 0. The molecular weight excluding hydrogens is 268 g/mol. The van der Waals surface area contributed by atoms with E-state index in [4.69, 9.17) is 0 Å². The van der Waals surface area contributed by atoms with Crippen LogP contribution in [0.4, 0.5) is 10.5 Å². The standard InChI is InChI=1S/C16H22N2O3/c1-11-4-3-9-18(15(11)10-19)16(21)17-14-7-5-13(6-8-14)12(2)20/h5-8,11,15,19H,3-4,9-10H2,1-2H3,(H,17,21). The van der Waals surface area contributed by atoms with Crippen molar-refractivity contribution in [3.05, 3.63) is 29.8 Å². The van der Waals surface area contributed by atoms with E-state index in [-0.39, 0.29) is 24.5 Å². The summed E-state index contributed by atoms with van der Waals surface area (Å²) in [4.78, 5) is 25.3. The lowest BCUT2D eigenvalue weighted by Crippen LogP contribution is -2.51. The summed E-state index contributed by atoms with van der Waals surface area (Å²) in [5.41, 5.74) is 1.27. The lowest BCUT2D eigenvalue weighted by atomic mass is 9.91. The monoisotopic (exact) mass is 290 g/mol. The Kier molecular flexibility index (Phi) is 4.96. The minimum atomic E-state index is -0.198. The van der Waals surface area contributed by atoms with Crippen LogP contribution in [-0.2, 0) is 0 Å². The van der Waals surface area contributed by atoms with Crippen LogP contribution in [-0.4, -0.2) is 41.0 Å². The molecule has 0 aromatic heterocycles. The third-order valence-corrected chi connectivity index (χ3v) is 4.11. The summed E-state index contributed by atoms with van der Waals surface area (Å²) in [6.07, 6.45) is 1.98. The number of rotatable bonds is 3. The van der Waals surface area contributed by atoms with Crippen LogP contribution in [0.2, 0.25) is 0 Å². The first-order chi connectivity index (χ1) is 10.0. The molecular formula is C16H22N2O3. The molecule has 1 aliphatic heterocycles. The second-order valence-corrected chi connectivity index (χ2v) is 5.63. The first-order valence-electron chi connectivity index (χ1n) is 7.32. The van der Waals surface area contributed by atoms with E-state index in [1.165, 1.54) is 6.92 Å². The van der Waals surface area contributed by atoms with Gasteiger partial charge >= 0.3 is 6.03 Å². The van der Waals surface area contributed by atoms with Crippen molar-refractivity contribution in [2.75, 3.05) is 18.5 Å². The largest absolute Gasteiger partial charge is 0.394 e. The zero-order valence-electron chi connectivity index (χ0n) is 12.5. The van der Waals surface area contributed by atoms with Crippen LogP contribution in [0.3, 0.4) is 0 Å². The zero-order valence-corrected chi connectivity index (χ0v) is 12.5. The Morgan fingerprint density at radius 3 is 2.57 bits per heavy atom. The molecule has 1 aromatic carbocycles. The van der Waals surface area contributed by atoms with Crippen LogP contribution < -0.4 is 5.32 Å². The van der Waals surface area contributed by atoms with Gasteiger partial charge < -0.3 is 15.3 Å². The zero-order chi connectivity index (χ0) is 15.4. The number of nitrogens with zero attached hydrogens (tertiary/aromatic N) is 1. The van der Waals surface area contributed by atoms with E-state index in [0.29, 0.717) is 23.7 Å². The fourth-order valence-corrected chi connectivity index (χ4v) is 2.76. The second-order valence-electron chi connectivity index (χ2n) is 5.63. The highest BCUT2D eigenvalue weighted by Gasteiger charge is 2.31. The van der Waals surface area contributed by atoms with Gasteiger partial charge in [-0.05, 0) is 49.9 Å². The van der Waals surface area contributed by atoms with E-state index in [9.17, 15) is 14.7 Å². The number of likely N-dealkylation sites (tertiary alicyclic amines) is 1. The Balaban J connectivity index is 2.04. The molecule has 1 heterocycles. The Morgan fingerprint density at radius 1 is 1.33 bits per heavy atom. The highest BCUT2D eigenvalue weighted by molar-refractivity contribution is 5.95. The molecule has 1 fully saturated rings. The molecule has 21 heavy (non-hydrogen) atoms. The number of hydrogen-bond acceptors (Lipinski definition) is 3. The smallest absolute Gasteiger partial charge is 0.322 e. The Bertz CT molecular complexity index is 513. The number of carbonyl (C=O) groups excluding carboxylic acids is 2. The predicted molar refractivity (Wildman–Crippen MR) is 81.4 cm³/mol. The first-order valence-corrected chi connectivity index (χ1v) is 7.32. The van der Waals surface area contributed by atoms with Crippen LogP contribution in [0.25, 0.3) is 0 Å². The van der Waals surface area contributed by atoms with E-state index in [2.05, 4.69) is 12.2 Å². The van der Waals surface area contributed by atoms with Crippen LogP contribution in [0.15, 0.2) is 24.3 Å². The van der Waals surface area contributed by atoms with Gasteiger partial charge in [0, 0.05) is 17.8 Å². The molecule has 1 aliphatic rings. The van der Waals surface area contributed by atoms with Crippen molar-refractivity contribution in [2.45, 2.75) is 32.7 Å². The normalized spacial score (nSPS) is 22.0.